The number of aromatic amines is 1. The summed E-state index contributed by atoms with van der Waals surface area (Å²) in [5.41, 5.74) is 3.65. The molecular weight excluding hydrogens is 413 g/mol. The van der Waals surface area contributed by atoms with Crippen LogP contribution in [0.15, 0.2) is 45.7 Å². The van der Waals surface area contributed by atoms with Gasteiger partial charge >= 0.3 is 5.76 Å². The number of rotatable bonds is 5. The van der Waals surface area contributed by atoms with E-state index in [0.717, 1.165) is 11.3 Å². The Bertz CT molecular complexity index is 1270. The fourth-order valence-corrected chi connectivity index (χ4v) is 2.88. The molecule has 8 nitrogen and oxygen atoms in total. The van der Waals surface area contributed by atoms with E-state index in [4.69, 9.17) is 9.15 Å². The van der Waals surface area contributed by atoms with Crippen molar-refractivity contribution >= 4 is 46.6 Å². The molecule has 30 heavy (non-hydrogen) atoms. The maximum absolute atomic E-state index is 14.0. The number of oxazole rings is 1. The second-order valence-electron chi connectivity index (χ2n) is 6.51. The van der Waals surface area contributed by atoms with Crippen LogP contribution in [0.1, 0.15) is 11.1 Å². The minimum Gasteiger partial charge on any atom is -0.494 e. The minimum absolute atomic E-state index is 0. The van der Waals surface area contributed by atoms with E-state index in [9.17, 15) is 9.18 Å². The van der Waals surface area contributed by atoms with Gasteiger partial charge in [-0.2, -0.15) is 4.98 Å². The lowest BCUT2D eigenvalue weighted by molar-refractivity contribution is 0.385. The van der Waals surface area contributed by atoms with Crippen molar-refractivity contribution in [2.24, 2.45) is 0 Å². The van der Waals surface area contributed by atoms with Crippen LogP contribution < -0.4 is 21.1 Å². The predicted molar refractivity (Wildman–Crippen MR) is 115 cm³/mol. The van der Waals surface area contributed by atoms with Crippen molar-refractivity contribution in [3.05, 3.63) is 64.0 Å². The lowest BCUT2D eigenvalue weighted by atomic mass is 10.2. The molecule has 0 aliphatic carbocycles. The van der Waals surface area contributed by atoms with Gasteiger partial charge in [0.1, 0.15) is 5.82 Å². The molecule has 0 spiro atoms. The summed E-state index contributed by atoms with van der Waals surface area (Å²) in [4.78, 5) is 22.7. The van der Waals surface area contributed by atoms with Gasteiger partial charge in [-0.25, -0.2) is 14.2 Å². The van der Waals surface area contributed by atoms with Crippen LogP contribution in [0.3, 0.4) is 0 Å². The number of nitrogens with zero attached hydrogens (tertiary/aromatic N) is 2. The summed E-state index contributed by atoms with van der Waals surface area (Å²) in [6.07, 6.45) is 1.67. The van der Waals surface area contributed by atoms with E-state index in [-0.39, 0.29) is 18.2 Å². The molecule has 2 aromatic carbocycles. The predicted octanol–water partition coefficient (Wildman–Crippen LogP) is 4.58. The Morgan fingerprint density at radius 2 is 1.90 bits per heavy atom. The van der Waals surface area contributed by atoms with E-state index < -0.39 is 11.6 Å². The zero-order valence-electron chi connectivity index (χ0n) is 16.4. The van der Waals surface area contributed by atoms with E-state index in [2.05, 4.69) is 25.6 Å². The van der Waals surface area contributed by atoms with Gasteiger partial charge in [-0.15, -0.1) is 12.4 Å². The number of aromatic nitrogens is 3. The summed E-state index contributed by atoms with van der Waals surface area (Å²) in [6, 6.07) is 8.42. The van der Waals surface area contributed by atoms with Crippen LogP contribution in [0, 0.1) is 19.7 Å². The number of ether oxygens (including phenoxy) is 1. The second kappa shape index (κ2) is 8.42. The molecule has 0 amide bonds. The number of hydrogen-bond donors (Lipinski definition) is 3. The molecule has 0 saturated carbocycles. The number of H-pyrrole nitrogens is 1. The summed E-state index contributed by atoms with van der Waals surface area (Å²) >= 11 is 0. The second-order valence-corrected chi connectivity index (χ2v) is 6.51. The Kier molecular flexibility index (Phi) is 5.93. The average molecular weight is 432 g/mol. The monoisotopic (exact) mass is 431 g/mol. The number of hydrogen-bond acceptors (Lipinski definition) is 7. The van der Waals surface area contributed by atoms with Crippen molar-refractivity contribution in [3.8, 4) is 5.75 Å². The van der Waals surface area contributed by atoms with Crippen molar-refractivity contribution in [1.82, 2.24) is 15.0 Å². The summed E-state index contributed by atoms with van der Waals surface area (Å²) in [6.45, 7) is 3.53. The van der Waals surface area contributed by atoms with Crippen LogP contribution in [0.2, 0.25) is 0 Å². The molecular formula is C20H19ClFN5O3. The summed E-state index contributed by atoms with van der Waals surface area (Å²) < 4.78 is 24.0. The number of nitrogens with one attached hydrogen (secondary N) is 3. The van der Waals surface area contributed by atoms with Crippen LogP contribution in [0.25, 0.3) is 11.1 Å². The topological polar surface area (TPSA) is 105 Å². The Labute approximate surface area is 176 Å². The highest BCUT2D eigenvalue weighted by atomic mass is 35.5. The molecule has 3 N–H and O–H groups in total. The van der Waals surface area contributed by atoms with Crippen LogP contribution in [-0.4, -0.2) is 22.1 Å². The largest absolute Gasteiger partial charge is 0.494 e. The van der Waals surface area contributed by atoms with Gasteiger partial charge in [-0.05, 0) is 43.7 Å². The Hall–Kier alpha value is -3.59. The number of fused-ring (bicyclic) bond motifs is 1. The Balaban J connectivity index is 0.00000256. The van der Waals surface area contributed by atoms with Gasteiger partial charge in [-0.1, -0.05) is 0 Å². The zero-order valence-corrected chi connectivity index (χ0v) is 17.2. The first-order chi connectivity index (χ1) is 13.9. The smallest absolute Gasteiger partial charge is 0.417 e. The molecule has 4 aromatic rings. The molecule has 0 unspecified atom stereocenters. The van der Waals surface area contributed by atoms with Crippen molar-refractivity contribution in [2.75, 3.05) is 17.7 Å². The fourth-order valence-electron chi connectivity index (χ4n) is 2.88. The fraction of sp³-hybridized carbons (Fsp3) is 0.150. The first-order valence-electron chi connectivity index (χ1n) is 8.77. The zero-order chi connectivity index (χ0) is 20.5. The van der Waals surface area contributed by atoms with Crippen LogP contribution in [-0.2, 0) is 0 Å². The van der Waals surface area contributed by atoms with Gasteiger partial charge in [0.15, 0.2) is 17.1 Å². The van der Waals surface area contributed by atoms with Crippen LogP contribution >= 0.6 is 12.4 Å². The van der Waals surface area contributed by atoms with Gasteiger partial charge in [0.05, 0.1) is 12.6 Å². The molecule has 0 radical (unpaired) electrons. The molecule has 0 atom stereocenters. The van der Waals surface area contributed by atoms with Crippen LogP contribution in [0.4, 0.5) is 27.5 Å². The first kappa shape index (κ1) is 21.1. The quantitative estimate of drug-likeness (QED) is 0.424. The van der Waals surface area contributed by atoms with E-state index in [1.54, 1.807) is 43.5 Å². The van der Waals surface area contributed by atoms with E-state index in [1.807, 2.05) is 6.92 Å². The molecule has 4 rings (SSSR count). The molecule has 2 heterocycles. The third-order valence-electron chi connectivity index (χ3n) is 4.35. The lowest BCUT2D eigenvalue weighted by Crippen LogP contribution is -2.03. The molecule has 0 aliphatic rings. The number of halogens is 2. The summed E-state index contributed by atoms with van der Waals surface area (Å²) in [5, 5.41) is 6.26. The number of methoxy groups -OCH3 is 1. The molecule has 156 valence electrons. The third kappa shape index (κ3) is 4.20. The van der Waals surface area contributed by atoms with Crippen LogP contribution in [0.5, 0.6) is 5.75 Å². The highest BCUT2D eigenvalue weighted by Gasteiger charge is 2.11. The van der Waals surface area contributed by atoms with Gasteiger partial charge in [0.25, 0.3) is 0 Å². The first-order valence-corrected chi connectivity index (χ1v) is 8.77. The number of aryl methyl sites for hydroxylation is 2. The maximum Gasteiger partial charge on any atom is 0.417 e. The highest BCUT2D eigenvalue weighted by Crippen LogP contribution is 2.28. The van der Waals surface area contributed by atoms with Crippen molar-refractivity contribution < 1.29 is 13.5 Å². The molecule has 0 aliphatic heterocycles. The van der Waals surface area contributed by atoms with Crippen molar-refractivity contribution in [1.29, 1.82) is 0 Å². The lowest BCUT2D eigenvalue weighted by Gasteiger charge is -2.12. The highest BCUT2D eigenvalue weighted by molar-refractivity contribution is 5.85. The van der Waals surface area contributed by atoms with E-state index in [0.29, 0.717) is 34.1 Å². The maximum atomic E-state index is 14.0. The van der Waals surface area contributed by atoms with E-state index >= 15 is 0 Å². The van der Waals surface area contributed by atoms with E-state index in [1.165, 1.54) is 7.11 Å². The molecule has 0 bridgehead atoms. The van der Waals surface area contributed by atoms with Crippen molar-refractivity contribution in [3.63, 3.8) is 0 Å². The number of anilines is 4. The Morgan fingerprint density at radius 3 is 2.67 bits per heavy atom. The minimum atomic E-state index is -0.508. The standard InChI is InChI=1S/C20H18FN5O3.ClH/c1-10-6-13(8-16(28-3)17(10)21)24-19-22-9-11(2)18(26-19)23-12-4-5-15-14(7-12)25-20(27)29-15;/h4-9H,1-3H3,(H,25,27)(H2,22,23,24,26);1H. The molecule has 10 heteroatoms. The molecule has 0 saturated heterocycles. The summed E-state index contributed by atoms with van der Waals surface area (Å²) in [7, 11) is 1.41. The average Bonchev–Trinajstić information content (AvgIpc) is 3.06. The van der Waals surface area contributed by atoms with Crippen molar-refractivity contribution in [2.45, 2.75) is 13.8 Å². The Morgan fingerprint density at radius 1 is 1.10 bits per heavy atom. The van der Waals surface area contributed by atoms with Gasteiger partial charge < -0.3 is 19.8 Å². The normalized spacial score (nSPS) is 10.5. The summed E-state index contributed by atoms with van der Waals surface area (Å²) in [5.74, 6) is 0.146. The molecule has 0 fully saturated rings. The number of benzene rings is 2. The van der Waals surface area contributed by atoms with Gasteiger partial charge in [0.2, 0.25) is 5.95 Å². The van der Waals surface area contributed by atoms with Gasteiger partial charge in [-0.3, -0.25) is 4.98 Å². The molecule has 2 aromatic heterocycles. The van der Waals surface area contributed by atoms with Gasteiger partial charge in [0, 0.05) is 29.2 Å². The SMILES string of the molecule is COc1cc(Nc2ncc(C)c(Nc3ccc4oc(=O)[nH]c4c3)n2)cc(C)c1F.Cl. The third-order valence-corrected chi connectivity index (χ3v) is 4.35.